The largest absolute Gasteiger partial charge is 0.461 e. The first-order chi connectivity index (χ1) is 5.91. The van der Waals surface area contributed by atoms with Gasteiger partial charge in [-0.1, -0.05) is 31.8 Å². The van der Waals surface area contributed by atoms with E-state index in [0.29, 0.717) is 0 Å². The lowest BCUT2D eigenvalue weighted by molar-refractivity contribution is -0.141. The zero-order chi connectivity index (χ0) is 10.5. The van der Waals surface area contributed by atoms with Crippen LogP contribution in [0, 0.1) is 0 Å². The van der Waals surface area contributed by atoms with E-state index in [1.165, 1.54) is 0 Å². The number of ether oxygens (including phenoxy) is 1. The molecule has 0 aromatic rings. The van der Waals surface area contributed by atoms with Gasteiger partial charge in [0.15, 0.2) is 0 Å². The molecule has 0 amide bonds. The van der Waals surface area contributed by atoms with Crippen molar-refractivity contribution in [1.29, 1.82) is 0 Å². The second kappa shape index (κ2) is 5.45. The molecule has 0 saturated carbocycles. The molecular formula is C9H17ClO2Si. The smallest absolute Gasteiger partial charge is 0.321 e. The molecule has 0 spiro atoms. The first-order valence-electron chi connectivity index (χ1n) is 4.30. The van der Waals surface area contributed by atoms with Crippen molar-refractivity contribution in [3.05, 3.63) is 12.2 Å². The predicted octanol–water partition coefficient (Wildman–Crippen LogP) is 2.59. The second-order valence-electron chi connectivity index (χ2n) is 3.94. The minimum atomic E-state index is -1.48. The van der Waals surface area contributed by atoms with E-state index in [4.69, 9.17) is 16.3 Å². The summed E-state index contributed by atoms with van der Waals surface area (Å²) in [6.07, 6.45) is 3.83. The number of alkyl halides is 1. The highest BCUT2D eigenvalue weighted by Crippen LogP contribution is 2.13. The van der Waals surface area contributed by atoms with E-state index in [2.05, 4.69) is 19.6 Å². The molecule has 0 rings (SSSR count). The van der Waals surface area contributed by atoms with E-state index in [1.807, 2.05) is 19.1 Å². The van der Waals surface area contributed by atoms with Crippen LogP contribution in [0.25, 0.3) is 0 Å². The van der Waals surface area contributed by atoms with Gasteiger partial charge in [0.25, 0.3) is 0 Å². The van der Waals surface area contributed by atoms with Gasteiger partial charge in [-0.3, -0.25) is 4.79 Å². The van der Waals surface area contributed by atoms with Crippen LogP contribution < -0.4 is 0 Å². The van der Waals surface area contributed by atoms with E-state index in [9.17, 15) is 4.79 Å². The van der Waals surface area contributed by atoms with E-state index < -0.39 is 8.07 Å². The maximum atomic E-state index is 11.0. The quantitative estimate of drug-likeness (QED) is 0.315. The lowest BCUT2D eigenvalue weighted by Gasteiger charge is -2.25. The van der Waals surface area contributed by atoms with Crippen LogP contribution in [-0.2, 0) is 9.53 Å². The van der Waals surface area contributed by atoms with E-state index in [0.717, 1.165) is 0 Å². The summed E-state index contributed by atoms with van der Waals surface area (Å²) < 4.78 is 5.21. The number of carbonyl (C=O) groups excluding carboxylic acids is 1. The van der Waals surface area contributed by atoms with Crippen LogP contribution in [0.4, 0.5) is 0 Å². The Balaban J connectivity index is 4.36. The number of hydrogen-bond acceptors (Lipinski definition) is 2. The molecular weight excluding hydrogens is 204 g/mol. The van der Waals surface area contributed by atoms with Gasteiger partial charge in [0, 0.05) is 0 Å². The van der Waals surface area contributed by atoms with Crippen molar-refractivity contribution in [3.8, 4) is 0 Å². The van der Waals surface area contributed by atoms with E-state index in [-0.39, 0.29) is 17.6 Å². The fourth-order valence-corrected chi connectivity index (χ4v) is 2.17. The average Bonchev–Trinajstić information content (AvgIpc) is 2.01. The standard InChI is InChI=1S/C9H17ClO2Si/c1-5-6-9(13(2,3)4)12-8(11)7-10/h5-6,9H,7H2,1-4H3/b6-5+/t9-/m0/s1. The fourth-order valence-electron chi connectivity index (χ4n) is 0.853. The molecule has 1 atom stereocenters. The Morgan fingerprint density at radius 3 is 2.38 bits per heavy atom. The molecule has 13 heavy (non-hydrogen) atoms. The first-order valence-corrected chi connectivity index (χ1v) is 8.41. The normalized spacial score (nSPS) is 14.5. The number of esters is 1. The molecule has 2 nitrogen and oxygen atoms in total. The van der Waals surface area contributed by atoms with E-state index >= 15 is 0 Å². The highest BCUT2D eigenvalue weighted by atomic mass is 35.5. The molecule has 0 aromatic carbocycles. The van der Waals surface area contributed by atoms with Crippen molar-refractivity contribution in [3.63, 3.8) is 0 Å². The predicted molar refractivity (Wildman–Crippen MR) is 58.8 cm³/mol. The van der Waals surface area contributed by atoms with Crippen LogP contribution in [0.1, 0.15) is 6.92 Å². The minimum absolute atomic E-state index is 0.0660. The van der Waals surface area contributed by atoms with Gasteiger partial charge < -0.3 is 4.74 Å². The minimum Gasteiger partial charge on any atom is -0.461 e. The third-order valence-electron chi connectivity index (χ3n) is 1.59. The summed E-state index contributed by atoms with van der Waals surface area (Å²) in [5.74, 6) is -0.411. The maximum Gasteiger partial charge on any atom is 0.321 e. The Labute approximate surface area is 85.9 Å². The van der Waals surface area contributed by atoms with Crippen LogP contribution >= 0.6 is 11.6 Å². The van der Waals surface area contributed by atoms with Crippen LogP contribution in [0.3, 0.4) is 0 Å². The van der Waals surface area contributed by atoms with Gasteiger partial charge in [-0.05, 0) is 6.92 Å². The van der Waals surface area contributed by atoms with Gasteiger partial charge in [-0.25, -0.2) is 0 Å². The molecule has 0 N–H and O–H groups in total. The van der Waals surface area contributed by atoms with Gasteiger partial charge >= 0.3 is 5.97 Å². The summed E-state index contributed by atoms with van der Waals surface area (Å²) in [5, 5.41) is 0. The Morgan fingerprint density at radius 2 is 2.08 bits per heavy atom. The lowest BCUT2D eigenvalue weighted by atomic mass is 10.5. The summed E-state index contributed by atoms with van der Waals surface area (Å²) in [7, 11) is -1.48. The second-order valence-corrected chi connectivity index (χ2v) is 9.50. The molecule has 0 fully saturated rings. The van der Waals surface area contributed by atoms with Crippen molar-refractivity contribution in [1.82, 2.24) is 0 Å². The summed E-state index contributed by atoms with van der Waals surface area (Å²) in [5.41, 5.74) is -0.0660. The molecule has 0 aliphatic carbocycles. The molecule has 0 saturated heterocycles. The Bertz CT molecular complexity index is 196. The van der Waals surface area contributed by atoms with Crippen LogP contribution in [0.5, 0.6) is 0 Å². The fraction of sp³-hybridized carbons (Fsp3) is 0.667. The molecule has 0 radical (unpaired) electrons. The summed E-state index contributed by atoms with van der Waals surface area (Å²) in [4.78, 5) is 11.0. The average molecular weight is 221 g/mol. The number of carbonyl (C=O) groups is 1. The van der Waals surface area contributed by atoms with Crippen LogP contribution in [0.2, 0.25) is 19.6 Å². The van der Waals surface area contributed by atoms with Crippen molar-refractivity contribution >= 4 is 25.6 Å². The van der Waals surface area contributed by atoms with Crippen molar-refractivity contribution in [2.75, 3.05) is 5.88 Å². The monoisotopic (exact) mass is 220 g/mol. The zero-order valence-corrected chi connectivity index (χ0v) is 10.4. The summed E-state index contributed by atoms with van der Waals surface area (Å²) in [6, 6.07) is 0. The third-order valence-corrected chi connectivity index (χ3v) is 3.82. The van der Waals surface area contributed by atoms with Gasteiger partial charge in [0.05, 0.1) is 8.07 Å². The third kappa shape index (κ3) is 5.11. The Morgan fingerprint density at radius 1 is 1.54 bits per heavy atom. The number of hydrogen-bond donors (Lipinski definition) is 0. The number of rotatable bonds is 4. The van der Waals surface area contributed by atoms with Crippen molar-refractivity contribution in [2.45, 2.75) is 32.3 Å². The molecule has 0 unspecified atom stereocenters. The zero-order valence-electron chi connectivity index (χ0n) is 8.63. The molecule has 0 aliphatic heterocycles. The van der Waals surface area contributed by atoms with Gasteiger partial charge in [0.2, 0.25) is 0 Å². The lowest BCUT2D eigenvalue weighted by Crippen LogP contribution is -2.40. The van der Waals surface area contributed by atoms with Crippen LogP contribution in [-0.4, -0.2) is 25.7 Å². The highest BCUT2D eigenvalue weighted by Gasteiger charge is 2.27. The summed E-state index contributed by atoms with van der Waals surface area (Å²) in [6.45, 7) is 8.37. The van der Waals surface area contributed by atoms with Crippen LogP contribution in [0.15, 0.2) is 12.2 Å². The van der Waals surface area contributed by atoms with Gasteiger partial charge in [-0.15, -0.1) is 11.6 Å². The molecule has 4 heteroatoms. The molecule has 0 aromatic heterocycles. The summed E-state index contributed by atoms with van der Waals surface area (Å²) >= 11 is 5.36. The Hall–Kier alpha value is -0.283. The van der Waals surface area contributed by atoms with E-state index in [1.54, 1.807) is 0 Å². The van der Waals surface area contributed by atoms with Crippen molar-refractivity contribution < 1.29 is 9.53 Å². The Kier molecular flexibility index (Phi) is 5.33. The number of allylic oxidation sites excluding steroid dienone is 1. The highest BCUT2D eigenvalue weighted by molar-refractivity contribution is 6.77. The maximum absolute atomic E-state index is 11.0. The molecule has 0 bridgehead atoms. The molecule has 0 aliphatic rings. The van der Waals surface area contributed by atoms with Gasteiger partial charge in [-0.2, -0.15) is 0 Å². The SMILES string of the molecule is C/C=C/[C@@H](OC(=O)CCl)[Si](C)(C)C. The number of halogens is 1. The van der Waals surface area contributed by atoms with Gasteiger partial charge in [0.1, 0.15) is 11.6 Å². The van der Waals surface area contributed by atoms with Crippen molar-refractivity contribution in [2.24, 2.45) is 0 Å². The first kappa shape index (κ1) is 12.7. The molecule has 0 heterocycles. The topological polar surface area (TPSA) is 26.3 Å². The molecule has 76 valence electrons.